The highest BCUT2D eigenvalue weighted by molar-refractivity contribution is 5.27. The van der Waals surface area contributed by atoms with Crippen molar-refractivity contribution in [3.63, 3.8) is 0 Å². The molecule has 1 saturated heterocycles. The van der Waals surface area contributed by atoms with E-state index in [1.165, 1.54) is 49.9 Å². The molecule has 0 atom stereocenters. The number of ether oxygens (including phenoxy) is 1. The van der Waals surface area contributed by atoms with Crippen LogP contribution in [0, 0.1) is 12.8 Å². The quantitative estimate of drug-likeness (QED) is 0.800. The molecule has 0 N–H and O–H groups in total. The van der Waals surface area contributed by atoms with Gasteiger partial charge in [0.25, 0.3) is 0 Å². The third kappa shape index (κ3) is 4.18. The zero-order chi connectivity index (χ0) is 17.1. The highest BCUT2D eigenvalue weighted by Gasteiger charge is 2.30. The van der Waals surface area contributed by atoms with Gasteiger partial charge >= 0.3 is 0 Å². The Labute approximate surface area is 150 Å². The van der Waals surface area contributed by atoms with E-state index in [1.807, 2.05) is 19.1 Å². The average Bonchev–Trinajstić information content (AvgIpc) is 3.09. The molecule has 0 spiro atoms. The predicted molar refractivity (Wildman–Crippen MR) is 98.7 cm³/mol. The fourth-order valence-corrected chi connectivity index (χ4v) is 3.91. The van der Waals surface area contributed by atoms with Crippen LogP contribution in [0.15, 0.2) is 36.4 Å². The molecule has 1 aromatic carbocycles. The van der Waals surface area contributed by atoms with Crippen LogP contribution in [0.5, 0.6) is 5.88 Å². The number of benzene rings is 1. The van der Waals surface area contributed by atoms with E-state index >= 15 is 0 Å². The lowest BCUT2D eigenvalue weighted by molar-refractivity contribution is 0.153. The van der Waals surface area contributed by atoms with E-state index in [4.69, 9.17) is 4.74 Å². The number of nitrogens with zero attached hydrogens (tertiary/aromatic N) is 3. The first-order valence-corrected chi connectivity index (χ1v) is 9.50. The molecule has 0 amide bonds. The molecule has 1 aromatic heterocycles. The molecule has 0 radical (unpaired) electrons. The summed E-state index contributed by atoms with van der Waals surface area (Å²) in [6.45, 7) is 6.32. The third-order valence-corrected chi connectivity index (χ3v) is 5.53. The van der Waals surface area contributed by atoms with Gasteiger partial charge in [0.15, 0.2) is 0 Å². The molecule has 132 valence electrons. The molecule has 4 nitrogen and oxygen atoms in total. The molecule has 4 heteroatoms. The van der Waals surface area contributed by atoms with Crippen LogP contribution in [0.4, 0.5) is 0 Å². The van der Waals surface area contributed by atoms with Crippen LogP contribution in [0.2, 0.25) is 0 Å². The summed E-state index contributed by atoms with van der Waals surface area (Å²) in [5.41, 5.74) is 3.85. The number of rotatable bonds is 6. The van der Waals surface area contributed by atoms with E-state index in [1.54, 1.807) is 0 Å². The van der Waals surface area contributed by atoms with E-state index < -0.39 is 0 Å². The Kier molecular flexibility index (Phi) is 4.97. The van der Waals surface area contributed by atoms with E-state index in [2.05, 4.69) is 39.4 Å². The Hall–Kier alpha value is -1.94. The van der Waals surface area contributed by atoms with Gasteiger partial charge in [-0.15, -0.1) is 5.10 Å². The molecular formula is C21H27N3O. The van der Waals surface area contributed by atoms with Crippen molar-refractivity contribution in [2.75, 3.05) is 19.7 Å². The maximum absolute atomic E-state index is 5.76. The van der Waals surface area contributed by atoms with Gasteiger partial charge in [-0.05, 0) is 74.7 Å². The normalized spacial score (nSPS) is 23.4. The van der Waals surface area contributed by atoms with E-state index in [0.29, 0.717) is 17.7 Å². The van der Waals surface area contributed by atoms with Crippen LogP contribution >= 0.6 is 0 Å². The Morgan fingerprint density at radius 1 is 1.00 bits per heavy atom. The predicted octanol–water partition coefficient (Wildman–Crippen LogP) is 3.95. The van der Waals surface area contributed by atoms with E-state index in [-0.39, 0.29) is 0 Å². The van der Waals surface area contributed by atoms with Gasteiger partial charge in [-0.1, -0.05) is 24.3 Å². The molecule has 0 bridgehead atoms. The maximum atomic E-state index is 5.76. The second-order valence-electron chi connectivity index (χ2n) is 7.58. The highest BCUT2D eigenvalue weighted by atomic mass is 16.5. The Balaban J connectivity index is 1.22. The standard InChI is InChI=1S/C21H27N3O/c1-16-4-9-21(23-22-16)25-15-18-12-20(13-18)19-7-5-17(6-8-19)14-24-10-2-3-11-24/h4-9,18,20H,2-3,10-15H2,1H3/t18-,20+. The summed E-state index contributed by atoms with van der Waals surface area (Å²) in [4.78, 5) is 2.56. The summed E-state index contributed by atoms with van der Waals surface area (Å²) in [5.74, 6) is 1.97. The first kappa shape index (κ1) is 16.5. The summed E-state index contributed by atoms with van der Waals surface area (Å²) in [7, 11) is 0. The van der Waals surface area contributed by atoms with Gasteiger partial charge in [0.05, 0.1) is 12.3 Å². The summed E-state index contributed by atoms with van der Waals surface area (Å²) < 4.78 is 5.76. The molecule has 1 aliphatic carbocycles. The van der Waals surface area contributed by atoms with Crippen molar-refractivity contribution >= 4 is 0 Å². The lowest BCUT2D eigenvalue weighted by Gasteiger charge is -2.35. The topological polar surface area (TPSA) is 38.2 Å². The molecule has 1 saturated carbocycles. The average molecular weight is 337 g/mol. The second kappa shape index (κ2) is 7.52. The second-order valence-corrected chi connectivity index (χ2v) is 7.58. The number of hydrogen-bond acceptors (Lipinski definition) is 4. The molecule has 2 aliphatic rings. The van der Waals surface area contributed by atoms with Crippen LogP contribution < -0.4 is 4.74 Å². The SMILES string of the molecule is Cc1ccc(OC[C@H]2C[C@@H](c3ccc(CN4CCCC4)cc3)C2)nn1. The van der Waals surface area contributed by atoms with Gasteiger partial charge in [-0.3, -0.25) is 4.90 Å². The first-order valence-electron chi connectivity index (χ1n) is 9.50. The van der Waals surface area contributed by atoms with Crippen LogP contribution in [0.1, 0.15) is 48.4 Å². The Morgan fingerprint density at radius 2 is 1.76 bits per heavy atom. The van der Waals surface area contributed by atoms with Crippen LogP contribution in [-0.4, -0.2) is 34.8 Å². The van der Waals surface area contributed by atoms with Gasteiger partial charge in [-0.25, -0.2) is 0 Å². The van der Waals surface area contributed by atoms with Crippen molar-refractivity contribution in [1.82, 2.24) is 15.1 Å². The number of hydrogen-bond donors (Lipinski definition) is 0. The van der Waals surface area contributed by atoms with Crippen LogP contribution in [-0.2, 0) is 6.54 Å². The summed E-state index contributed by atoms with van der Waals surface area (Å²) in [6.07, 6.45) is 5.14. The van der Waals surface area contributed by atoms with Gasteiger partial charge < -0.3 is 4.74 Å². The lowest BCUT2D eigenvalue weighted by Crippen LogP contribution is -2.27. The minimum Gasteiger partial charge on any atom is -0.476 e. The van der Waals surface area contributed by atoms with Crippen molar-refractivity contribution in [1.29, 1.82) is 0 Å². The van der Waals surface area contributed by atoms with Crippen LogP contribution in [0.3, 0.4) is 0 Å². The lowest BCUT2D eigenvalue weighted by atomic mass is 9.72. The third-order valence-electron chi connectivity index (χ3n) is 5.53. The molecule has 25 heavy (non-hydrogen) atoms. The number of likely N-dealkylation sites (tertiary alicyclic amines) is 1. The molecule has 2 fully saturated rings. The molecule has 0 unspecified atom stereocenters. The number of aromatic nitrogens is 2. The minimum absolute atomic E-state index is 0.636. The highest BCUT2D eigenvalue weighted by Crippen LogP contribution is 2.41. The van der Waals surface area contributed by atoms with Gasteiger partial charge in [-0.2, -0.15) is 5.10 Å². The summed E-state index contributed by atoms with van der Waals surface area (Å²) in [6, 6.07) is 13.1. The summed E-state index contributed by atoms with van der Waals surface area (Å²) >= 11 is 0. The van der Waals surface area contributed by atoms with Crippen molar-refractivity contribution in [2.24, 2.45) is 5.92 Å². The minimum atomic E-state index is 0.636. The fraction of sp³-hybridized carbons (Fsp3) is 0.524. The monoisotopic (exact) mass is 337 g/mol. The van der Waals surface area contributed by atoms with E-state index in [9.17, 15) is 0 Å². The molecule has 1 aliphatic heterocycles. The van der Waals surface area contributed by atoms with Crippen LogP contribution in [0.25, 0.3) is 0 Å². The molecule has 2 aromatic rings. The van der Waals surface area contributed by atoms with Crippen molar-refractivity contribution in [3.8, 4) is 5.88 Å². The molecule has 2 heterocycles. The molecule has 4 rings (SSSR count). The fourth-order valence-electron chi connectivity index (χ4n) is 3.91. The Morgan fingerprint density at radius 3 is 2.44 bits per heavy atom. The van der Waals surface area contributed by atoms with Gasteiger partial charge in [0, 0.05) is 12.6 Å². The van der Waals surface area contributed by atoms with Crippen molar-refractivity contribution in [2.45, 2.75) is 45.1 Å². The molecular weight excluding hydrogens is 310 g/mol. The largest absolute Gasteiger partial charge is 0.476 e. The van der Waals surface area contributed by atoms with Crippen molar-refractivity contribution < 1.29 is 4.74 Å². The first-order chi connectivity index (χ1) is 12.3. The zero-order valence-corrected chi connectivity index (χ0v) is 15.0. The summed E-state index contributed by atoms with van der Waals surface area (Å²) in [5, 5.41) is 8.09. The number of aryl methyl sites for hydroxylation is 1. The maximum Gasteiger partial charge on any atom is 0.233 e. The smallest absolute Gasteiger partial charge is 0.233 e. The Bertz CT molecular complexity index is 671. The van der Waals surface area contributed by atoms with Gasteiger partial charge in [0.1, 0.15) is 0 Å². The zero-order valence-electron chi connectivity index (χ0n) is 15.0. The van der Waals surface area contributed by atoms with E-state index in [0.717, 1.165) is 18.8 Å². The van der Waals surface area contributed by atoms with Gasteiger partial charge in [0.2, 0.25) is 5.88 Å². The van der Waals surface area contributed by atoms with Crippen molar-refractivity contribution in [3.05, 3.63) is 53.2 Å².